The number of alkyl halides is 3. The van der Waals surface area contributed by atoms with Gasteiger partial charge in [0.15, 0.2) is 0 Å². The van der Waals surface area contributed by atoms with Gasteiger partial charge in [0.05, 0.1) is 28.8 Å². The molecule has 0 aliphatic heterocycles. The molecule has 0 bridgehead atoms. The average molecular weight is 290 g/mol. The fourth-order valence-electron chi connectivity index (χ4n) is 1.74. The van der Waals surface area contributed by atoms with Gasteiger partial charge in [-0.25, -0.2) is 4.98 Å². The Labute approximate surface area is 112 Å². The number of rotatable bonds is 2. The topological polar surface area (TPSA) is 43.8 Å². The Morgan fingerprint density at radius 1 is 1.37 bits per heavy atom. The minimum atomic E-state index is -4.50. The summed E-state index contributed by atoms with van der Waals surface area (Å²) in [4.78, 5) is 3.90. The predicted molar refractivity (Wildman–Crippen MR) is 66.2 cm³/mol. The van der Waals surface area contributed by atoms with Crippen LogP contribution in [0.3, 0.4) is 0 Å². The molecule has 0 spiro atoms. The molecule has 1 aromatic carbocycles. The molecule has 0 amide bonds. The van der Waals surface area contributed by atoms with E-state index in [2.05, 4.69) is 4.98 Å². The summed E-state index contributed by atoms with van der Waals surface area (Å²) in [6, 6.07) is 3.35. The van der Waals surface area contributed by atoms with E-state index in [9.17, 15) is 13.2 Å². The summed E-state index contributed by atoms with van der Waals surface area (Å²) in [5.74, 6) is 0. The maximum atomic E-state index is 12.8. The van der Waals surface area contributed by atoms with E-state index in [4.69, 9.17) is 17.3 Å². The van der Waals surface area contributed by atoms with Gasteiger partial charge in [0, 0.05) is 11.7 Å². The first-order valence-corrected chi connectivity index (χ1v) is 5.83. The van der Waals surface area contributed by atoms with Crippen molar-refractivity contribution in [3.05, 3.63) is 47.0 Å². The van der Waals surface area contributed by atoms with Gasteiger partial charge in [0.2, 0.25) is 0 Å². The molecule has 19 heavy (non-hydrogen) atoms. The van der Waals surface area contributed by atoms with Crippen molar-refractivity contribution in [2.45, 2.75) is 19.1 Å². The van der Waals surface area contributed by atoms with Gasteiger partial charge in [-0.15, -0.1) is 0 Å². The van der Waals surface area contributed by atoms with Crippen LogP contribution in [-0.4, -0.2) is 9.55 Å². The normalized spacial score (nSPS) is 13.6. The van der Waals surface area contributed by atoms with E-state index in [1.165, 1.54) is 29.2 Å². The van der Waals surface area contributed by atoms with Crippen LogP contribution in [0, 0.1) is 0 Å². The Hall–Kier alpha value is -1.53. The van der Waals surface area contributed by atoms with E-state index in [1.807, 2.05) is 0 Å². The number of nitrogens with two attached hydrogens (primary N) is 1. The van der Waals surface area contributed by atoms with Gasteiger partial charge in [-0.2, -0.15) is 13.2 Å². The van der Waals surface area contributed by atoms with Crippen molar-refractivity contribution in [3.63, 3.8) is 0 Å². The van der Waals surface area contributed by atoms with E-state index in [-0.39, 0.29) is 11.1 Å². The van der Waals surface area contributed by atoms with Gasteiger partial charge in [0.1, 0.15) is 0 Å². The smallest absolute Gasteiger partial charge is 0.323 e. The number of halogens is 4. The number of benzene rings is 1. The highest BCUT2D eigenvalue weighted by molar-refractivity contribution is 6.31. The molecular formula is C12H11ClF3N3. The highest BCUT2D eigenvalue weighted by Gasteiger charge is 2.33. The largest absolute Gasteiger partial charge is 0.417 e. The zero-order valence-electron chi connectivity index (χ0n) is 9.95. The van der Waals surface area contributed by atoms with E-state index in [0.29, 0.717) is 11.4 Å². The van der Waals surface area contributed by atoms with Crippen molar-refractivity contribution in [1.82, 2.24) is 9.55 Å². The summed E-state index contributed by atoms with van der Waals surface area (Å²) >= 11 is 5.58. The lowest BCUT2D eigenvalue weighted by molar-refractivity contribution is -0.137. The van der Waals surface area contributed by atoms with Crippen LogP contribution in [0.25, 0.3) is 5.69 Å². The number of aromatic nitrogens is 2. The lowest BCUT2D eigenvalue weighted by Crippen LogP contribution is -2.12. The van der Waals surface area contributed by atoms with E-state index in [1.54, 1.807) is 6.92 Å². The predicted octanol–water partition coefficient (Wildman–Crippen LogP) is 3.56. The first kappa shape index (κ1) is 13.9. The summed E-state index contributed by atoms with van der Waals surface area (Å²) in [6.07, 6.45) is -1.56. The summed E-state index contributed by atoms with van der Waals surface area (Å²) < 4.78 is 39.9. The number of imidazole rings is 1. The quantitative estimate of drug-likeness (QED) is 0.918. The maximum Gasteiger partial charge on any atom is 0.417 e. The fraction of sp³-hybridized carbons (Fsp3) is 0.250. The molecule has 1 atom stereocenters. The Kier molecular flexibility index (Phi) is 3.56. The third-order valence-electron chi connectivity index (χ3n) is 2.67. The van der Waals surface area contributed by atoms with Crippen molar-refractivity contribution < 1.29 is 13.2 Å². The zero-order chi connectivity index (χ0) is 14.2. The van der Waals surface area contributed by atoms with Crippen molar-refractivity contribution in [3.8, 4) is 5.69 Å². The minimum absolute atomic E-state index is 0.321. The molecule has 1 aromatic heterocycles. The van der Waals surface area contributed by atoms with Crippen molar-refractivity contribution in [2.24, 2.45) is 5.73 Å². The highest BCUT2D eigenvalue weighted by Crippen LogP contribution is 2.36. The second-order valence-corrected chi connectivity index (χ2v) is 4.55. The molecule has 0 aliphatic carbocycles. The third-order valence-corrected chi connectivity index (χ3v) is 3.00. The molecule has 0 radical (unpaired) electrons. The Morgan fingerprint density at radius 3 is 2.63 bits per heavy atom. The first-order valence-electron chi connectivity index (χ1n) is 5.45. The standard InChI is InChI=1S/C12H11ClF3N3/c1-7(17)11-5-18-6-19(11)8-2-3-10(13)9(4-8)12(14,15)16/h2-7H,17H2,1H3/t7-/m0/s1. The SMILES string of the molecule is C[C@H](N)c1cncn1-c1ccc(Cl)c(C(F)(F)F)c1. The molecule has 0 aliphatic rings. The fourth-order valence-corrected chi connectivity index (χ4v) is 1.96. The van der Waals surface area contributed by atoms with Crippen LogP contribution >= 0.6 is 11.6 Å². The molecule has 2 rings (SSSR count). The van der Waals surface area contributed by atoms with Crippen LogP contribution in [0.5, 0.6) is 0 Å². The summed E-state index contributed by atoms with van der Waals surface area (Å²) in [5.41, 5.74) is 5.80. The third kappa shape index (κ3) is 2.74. The van der Waals surface area contributed by atoms with Gasteiger partial charge >= 0.3 is 6.18 Å². The van der Waals surface area contributed by atoms with Gasteiger partial charge in [-0.3, -0.25) is 0 Å². The number of nitrogens with zero attached hydrogens (tertiary/aromatic N) is 2. The second kappa shape index (κ2) is 4.86. The van der Waals surface area contributed by atoms with Gasteiger partial charge in [-0.1, -0.05) is 11.6 Å². The second-order valence-electron chi connectivity index (χ2n) is 4.14. The minimum Gasteiger partial charge on any atom is -0.323 e. The van der Waals surface area contributed by atoms with Gasteiger partial charge in [0.25, 0.3) is 0 Å². The lowest BCUT2D eigenvalue weighted by atomic mass is 10.1. The van der Waals surface area contributed by atoms with Crippen LogP contribution in [-0.2, 0) is 6.18 Å². The molecule has 7 heteroatoms. The average Bonchev–Trinajstić information content (AvgIpc) is 2.77. The first-order chi connectivity index (χ1) is 8.80. The molecule has 0 saturated carbocycles. The number of hydrogen-bond donors (Lipinski definition) is 1. The molecule has 2 N–H and O–H groups in total. The monoisotopic (exact) mass is 289 g/mol. The van der Waals surface area contributed by atoms with Crippen molar-refractivity contribution in [2.75, 3.05) is 0 Å². The summed E-state index contributed by atoms with van der Waals surface area (Å²) in [7, 11) is 0. The van der Waals surface area contributed by atoms with Crippen LogP contribution < -0.4 is 5.73 Å². The molecule has 1 heterocycles. The van der Waals surface area contributed by atoms with E-state index in [0.717, 1.165) is 6.07 Å². The Morgan fingerprint density at radius 2 is 2.05 bits per heavy atom. The molecule has 0 saturated heterocycles. The van der Waals surface area contributed by atoms with Gasteiger partial charge < -0.3 is 10.3 Å². The van der Waals surface area contributed by atoms with Crippen molar-refractivity contribution in [1.29, 1.82) is 0 Å². The van der Waals surface area contributed by atoms with Crippen LogP contribution in [0.15, 0.2) is 30.7 Å². The molecule has 3 nitrogen and oxygen atoms in total. The van der Waals surface area contributed by atoms with E-state index < -0.39 is 11.7 Å². The van der Waals surface area contributed by atoms with Gasteiger partial charge in [-0.05, 0) is 25.1 Å². The molecule has 0 unspecified atom stereocenters. The highest BCUT2D eigenvalue weighted by atomic mass is 35.5. The Balaban J connectivity index is 2.55. The summed E-state index contributed by atoms with van der Waals surface area (Å²) in [6.45, 7) is 1.73. The molecular weight excluding hydrogens is 279 g/mol. The molecule has 2 aromatic rings. The maximum absolute atomic E-state index is 12.8. The Bertz CT molecular complexity index is 590. The van der Waals surface area contributed by atoms with Crippen LogP contribution in [0.1, 0.15) is 24.2 Å². The van der Waals surface area contributed by atoms with Crippen molar-refractivity contribution >= 4 is 11.6 Å². The molecule has 102 valence electrons. The zero-order valence-corrected chi connectivity index (χ0v) is 10.7. The summed E-state index contributed by atoms with van der Waals surface area (Å²) in [5, 5.41) is -0.335. The molecule has 0 fully saturated rings. The lowest BCUT2D eigenvalue weighted by Gasteiger charge is -2.14. The van der Waals surface area contributed by atoms with E-state index >= 15 is 0 Å². The van der Waals surface area contributed by atoms with Crippen LogP contribution in [0.4, 0.5) is 13.2 Å². The number of hydrogen-bond acceptors (Lipinski definition) is 2. The van der Waals surface area contributed by atoms with Crippen LogP contribution in [0.2, 0.25) is 5.02 Å².